The first-order chi connectivity index (χ1) is 13.0. The van der Waals surface area contributed by atoms with E-state index >= 15 is 0 Å². The van der Waals surface area contributed by atoms with Gasteiger partial charge in [0.15, 0.2) is 0 Å². The van der Waals surface area contributed by atoms with E-state index in [1.807, 2.05) is 6.07 Å². The number of fused-ring (bicyclic) bond motifs is 1. The van der Waals surface area contributed by atoms with Gasteiger partial charge in [0.1, 0.15) is 0 Å². The van der Waals surface area contributed by atoms with E-state index in [2.05, 4.69) is 0 Å². The Bertz CT molecular complexity index is 1190. The van der Waals surface area contributed by atoms with Crippen LogP contribution in [0.15, 0.2) is 32.7 Å². The van der Waals surface area contributed by atoms with Gasteiger partial charge in [-0.25, -0.2) is 13.2 Å². The topological polar surface area (TPSA) is 125 Å². The summed E-state index contributed by atoms with van der Waals surface area (Å²) in [5.74, 6) is -0.458. The lowest BCUT2D eigenvalue weighted by atomic mass is 10.2. The summed E-state index contributed by atoms with van der Waals surface area (Å²) in [7, 11) is 1.50. The zero-order valence-electron chi connectivity index (χ0n) is 16.0. The van der Waals surface area contributed by atoms with Gasteiger partial charge in [0.05, 0.1) is 34.8 Å². The van der Waals surface area contributed by atoms with Crippen molar-refractivity contribution in [2.24, 2.45) is 14.1 Å². The zero-order valence-corrected chi connectivity index (χ0v) is 16.9. The van der Waals surface area contributed by atoms with Crippen LogP contribution in [0.2, 0.25) is 0 Å². The second-order valence-electron chi connectivity index (χ2n) is 6.37. The minimum atomic E-state index is -4.05. The van der Waals surface area contributed by atoms with E-state index in [0.29, 0.717) is 5.52 Å². The number of sulfonamides is 1. The fraction of sp³-hybridized carbons (Fsp3) is 0.412. The molecule has 0 spiro atoms. The first-order valence-electron chi connectivity index (χ1n) is 8.29. The number of carbonyl (C=O) groups is 1. The maximum absolute atomic E-state index is 12.8. The van der Waals surface area contributed by atoms with Gasteiger partial charge in [0.25, 0.3) is 5.56 Å². The van der Waals surface area contributed by atoms with Crippen LogP contribution < -0.4 is 11.2 Å². The van der Waals surface area contributed by atoms with Crippen molar-refractivity contribution in [3.63, 3.8) is 0 Å². The smallest absolute Gasteiger partial charge is 0.330 e. The molecule has 0 N–H and O–H groups in total. The van der Waals surface area contributed by atoms with Gasteiger partial charge in [-0.05, 0) is 18.2 Å². The van der Waals surface area contributed by atoms with E-state index in [9.17, 15) is 22.8 Å². The lowest BCUT2D eigenvalue weighted by Crippen LogP contribution is -2.40. The van der Waals surface area contributed by atoms with E-state index in [4.69, 9.17) is 5.26 Å². The summed E-state index contributed by atoms with van der Waals surface area (Å²) in [5, 5.41) is 8.66. The molecule has 2 aromatic rings. The molecule has 0 saturated heterocycles. The molecular weight excluding hydrogens is 386 g/mol. The summed E-state index contributed by atoms with van der Waals surface area (Å²) in [6.07, 6.45) is 0.144. The van der Waals surface area contributed by atoms with Crippen molar-refractivity contribution in [3.05, 3.63) is 39.0 Å². The van der Waals surface area contributed by atoms with E-state index in [-0.39, 0.29) is 23.2 Å². The standard InChI is InChI=1S/C17H21N5O5S/c1-19(9-5-8-18)15(23)11-20(2)28(26,27)12-6-7-14-13(10-12)16(24)22(4)17(25)21(14)3/h6-7,10H,5,9,11H2,1-4H3. The van der Waals surface area contributed by atoms with Gasteiger partial charge in [-0.15, -0.1) is 0 Å². The van der Waals surface area contributed by atoms with Crippen LogP contribution in [-0.2, 0) is 28.9 Å². The molecule has 0 bridgehead atoms. The molecule has 2 rings (SSSR count). The highest BCUT2D eigenvalue weighted by Crippen LogP contribution is 2.18. The quantitative estimate of drug-likeness (QED) is 0.619. The number of carbonyl (C=O) groups excluding carboxylic acids is 1. The Kier molecular flexibility index (Phi) is 6.06. The second-order valence-corrected chi connectivity index (χ2v) is 8.41. The summed E-state index contributed by atoms with van der Waals surface area (Å²) in [4.78, 5) is 37.6. The number of likely N-dealkylation sites (N-methyl/N-ethyl adjacent to an activating group) is 2. The molecule has 28 heavy (non-hydrogen) atoms. The largest absolute Gasteiger partial charge is 0.344 e. The number of aryl methyl sites for hydroxylation is 1. The Morgan fingerprint density at radius 1 is 1.18 bits per heavy atom. The summed E-state index contributed by atoms with van der Waals surface area (Å²) >= 11 is 0. The van der Waals surface area contributed by atoms with E-state index < -0.39 is 33.7 Å². The Balaban J connectivity index is 2.42. The number of hydrogen-bond donors (Lipinski definition) is 0. The number of benzene rings is 1. The summed E-state index contributed by atoms with van der Waals surface area (Å²) in [5.41, 5.74) is -0.816. The lowest BCUT2D eigenvalue weighted by Gasteiger charge is -2.21. The Morgan fingerprint density at radius 2 is 1.82 bits per heavy atom. The molecule has 0 fully saturated rings. The van der Waals surface area contributed by atoms with Crippen LogP contribution in [0.1, 0.15) is 6.42 Å². The third-order valence-electron chi connectivity index (χ3n) is 4.49. The molecule has 0 atom stereocenters. The summed E-state index contributed by atoms with van der Waals surface area (Å²) in [6.45, 7) is -0.211. The van der Waals surface area contributed by atoms with Crippen LogP contribution in [0.25, 0.3) is 10.9 Å². The zero-order chi connectivity index (χ0) is 21.2. The molecule has 11 heteroatoms. The van der Waals surface area contributed by atoms with Crippen LogP contribution in [0.4, 0.5) is 0 Å². The number of amides is 1. The van der Waals surface area contributed by atoms with Gasteiger partial charge in [-0.3, -0.25) is 18.7 Å². The number of aromatic nitrogens is 2. The normalized spacial score (nSPS) is 11.6. The average Bonchev–Trinajstić information content (AvgIpc) is 2.67. The molecule has 10 nitrogen and oxygen atoms in total. The predicted octanol–water partition coefficient (Wildman–Crippen LogP) is -0.770. The average molecular weight is 407 g/mol. The maximum Gasteiger partial charge on any atom is 0.330 e. The fourth-order valence-electron chi connectivity index (χ4n) is 2.65. The molecule has 0 aliphatic heterocycles. The van der Waals surface area contributed by atoms with Crippen molar-refractivity contribution in [2.45, 2.75) is 11.3 Å². The van der Waals surface area contributed by atoms with E-state index in [0.717, 1.165) is 8.87 Å². The highest BCUT2D eigenvalue weighted by atomic mass is 32.2. The molecule has 1 aromatic heterocycles. The highest BCUT2D eigenvalue weighted by molar-refractivity contribution is 7.89. The second kappa shape index (κ2) is 7.95. The third-order valence-corrected chi connectivity index (χ3v) is 6.29. The first-order valence-corrected chi connectivity index (χ1v) is 9.73. The maximum atomic E-state index is 12.8. The molecule has 0 unspecified atom stereocenters. The molecule has 1 heterocycles. The molecule has 0 aliphatic rings. The molecule has 0 aliphatic carbocycles. The number of nitriles is 1. The number of rotatable bonds is 6. The minimum Gasteiger partial charge on any atom is -0.344 e. The Labute approximate surface area is 161 Å². The van der Waals surface area contributed by atoms with Crippen LogP contribution in [-0.4, -0.2) is 59.8 Å². The number of hydrogen-bond acceptors (Lipinski definition) is 6. The van der Waals surface area contributed by atoms with Gasteiger partial charge in [-0.1, -0.05) is 0 Å². The monoisotopic (exact) mass is 407 g/mol. The van der Waals surface area contributed by atoms with Crippen molar-refractivity contribution < 1.29 is 13.2 Å². The Morgan fingerprint density at radius 3 is 2.43 bits per heavy atom. The number of nitrogens with zero attached hydrogens (tertiary/aromatic N) is 5. The van der Waals surface area contributed by atoms with Gasteiger partial charge < -0.3 is 4.90 Å². The molecule has 0 radical (unpaired) electrons. The first kappa shape index (κ1) is 21.3. The third kappa shape index (κ3) is 3.83. The molecule has 1 amide bonds. The van der Waals surface area contributed by atoms with Crippen LogP contribution in [0.5, 0.6) is 0 Å². The summed E-state index contributed by atoms with van der Waals surface area (Å²) in [6, 6.07) is 5.80. The van der Waals surface area contributed by atoms with Crippen molar-refractivity contribution in [1.82, 2.24) is 18.3 Å². The van der Waals surface area contributed by atoms with Crippen molar-refractivity contribution >= 4 is 26.8 Å². The summed E-state index contributed by atoms with van der Waals surface area (Å²) < 4.78 is 28.7. The highest BCUT2D eigenvalue weighted by Gasteiger charge is 2.25. The lowest BCUT2D eigenvalue weighted by molar-refractivity contribution is -0.129. The van der Waals surface area contributed by atoms with Gasteiger partial charge in [-0.2, -0.15) is 9.57 Å². The Hall–Kier alpha value is -2.97. The van der Waals surface area contributed by atoms with Gasteiger partial charge >= 0.3 is 5.69 Å². The SMILES string of the molecule is CN(CCC#N)C(=O)CN(C)S(=O)(=O)c1ccc2c(c1)c(=O)n(C)c(=O)n2C. The van der Waals surface area contributed by atoms with Crippen molar-refractivity contribution in [1.29, 1.82) is 5.26 Å². The van der Waals surface area contributed by atoms with Crippen molar-refractivity contribution in [3.8, 4) is 6.07 Å². The van der Waals surface area contributed by atoms with Gasteiger partial charge in [0.2, 0.25) is 15.9 Å². The fourth-order valence-corrected chi connectivity index (χ4v) is 3.80. The minimum absolute atomic E-state index is 0.0801. The van der Waals surface area contributed by atoms with Crippen LogP contribution >= 0.6 is 0 Å². The molecule has 1 aromatic carbocycles. The molecule has 0 saturated carbocycles. The van der Waals surface area contributed by atoms with Crippen molar-refractivity contribution in [2.75, 3.05) is 27.2 Å². The predicted molar refractivity (Wildman–Crippen MR) is 102 cm³/mol. The van der Waals surface area contributed by atoms with Crippen LogP contribution in [0, 0.1) is 11.3 Å². The van der Waals surface area contributed by atoms with Crippen LogP contribution in [0.3, 0.4) is 0 Å². The van der Waals surface area contributed by atoms with E-state index in [1.54, 1.807) is 0 Å². The molecular formula is C17H21N5O5S. The van der Waals surface area contributed by atoms with Gasteiger partial charge in [0, 0.05) is 34.7 Å². The molecule has 150 valence electrons. The van der Waals surface area contributed by atoms with E-state index in [1.165, 1.54) is 55.9 Å².